The molecule has 0 nitrogen and oxygen atoms in total. The molecule has 0 aromatic rings. The largest absolute Gasteiger partial charge is 0.0596 e. The minimum atomic E-state index is 0.573. The van der Waals surface area contributed by atoms with Gasteiger partial charge < -0.3 is 0 Å². The monoisotopic (exact) mass is 358 g/mol. The van der Waals surface area contributed by atoms with Crippen LogP contribution in [0.25, 0.3) is 0 Å². The summed E-state index contributed by atoms with van der Waals surface area (Å²) in [6.07, 6.45) is 12.0. The summed E-state index contributed by atoms with van der Waals surface area (Å²) in [7, 11) is 0. The standard InChI is InChI=1S/C26H46/c1-23(2)9-10-24(3,4)20-14-18-16-22-21(15-17(18)13-19(20)23)25(5,6)11-12-26(22,7)8/h17-22H,9-16H2,1-8H3/t17?,18?,19-,20-,21-,22-/m1/s1. The lowest BCUT2D eigenvalue weighted by Crippen LogP contribution is -2.54. The molecule has 0 aromatic carbocycles. The molecule has 0 N–H and O–H groups in total. The van der Waals surface area contributed by atoms with Crippen LogP contribution in [0.1, 0.15) is 107 Å². The predicted octanol–water partition coefficient (Wildman–Crippen LogP) is 7.96. The van der Waals surface area contributed by atoms with E-state index in [1.54, 1.807) is 25.7 Å². The van der Waals surface area contributed by atoms with E-state index in [9.17, 15) is 0 Å². The molecular formula is C26H46. The summed E-state index contributed by atoms with van der Waals surface area (Å²) in [4.78, 5) is 0. The molecule has 0 saturated heterocycles. The van der Waals surface area contributed by atoms with E-state index in [-0.39, 0.29) is 0 Å². The van der Waals surface area contributed by atoms with Gasteiger partial charge >= 0.3 is 0 Å². The molecule has 4 fully saturated rings. The molecule has 4 rings (SSSR count). The molecule has 26 heavy (non-hydrogen) atoms. The van der Waals surface area contributed by atoms with Crippen LogP contribution in [0, 0.1) is 57.2 Å². The molecule has 0 aromatic heterocycles. The predicted molar refractivity (Wildman–Crippen MR) is 113 cm³/mol. The van der Waals surface area contributed by atoms with Gasteiger partial charge in [0.1, 0.15) is 0 Å². The lowest BCUT2D eigenvalue weighted by atomic mass is 9.42. The second-order valence-electron chi connectivity index (χ2n) is 13.8. The molecule has 4 atom stereocenters. The molecule has 4 saturated carbocycles. The highest BCUT2D eigenvalue weighted by Crippen LogP contribution is 2.66. The Morgan fingerprint density at radius 2 is 0.577 bits per heavy atom. The van der Waals surface area contributed by atoms with Gasteiger partial charge in [-0.15, -0.1) is 0 Å². The summed E-state index contributed by atoms with van der Waals surface area (Å²) in [5.74, 6) is 5.96. The number of fused-ring (bicyclic) bond motifs is 3. The molecular weight excluding hydrogens is 312 g/mol. The Labute approximate surface area is 164 Å². The molecule has 0 heterocycles. The van der Waals surface area contributed by atoms with Crippen LogP contribution in [0.4, 0.5) is 0 Å². The normalized spacial score (nSPS) is 48.0. The Bertz CT molecular complexity index is 450. The van der Waals surface area contributed by atoms with Gasteiger partial charge in [-0.05, 0) is 109 Å². The zero-order chi connectivity index (χ0) is 19.1. The Kier molecular flexibility index (Phi) is 4.28. The summed E-state index contributed by atoms with van der Waals surface area (Å²) in [6, 6.07) is 0. The van der Waals surface area contributed by atoms with E-state index < -0.39 is 0 Å². The average Bonchev–Trinajstić information content (AvgIpc) is 2.54. The molecule has 4 aliphatic rings. The second-order valence-corrected chi connectivity index (χ2v) is 13.8. The molecule has 0 heteroatoms. The fourth-order valence-corrected chi connectivity index (χ4v) is 8.41. The maximum absolute atomic E-state index is 2.60. The Hall–Kier alpha value is 0. The summed E-state index contributed by atoms with van der Waals surface area (Å²) < 4.78 is 0. The topological polar surface area (TPSA) is 0 Å². The third-order valence-corrected chi connectivity index (χ3v) is 10.7. The first-order valence-electron chi connectivity index (χ1n) is 11.8. The van der Waals surface area contributed by atoms with Crippen LogP contribution < -0.4 is 0 Å². The number of rotatable bonds is 0. The minimum absolute atomic E-state index is 0.573. The first kappa shape index (κ1) is 19.3. The maximum atomic E-state index is 2.60. The zero-order valence-corrected chi connectivity index (χ0v) is 19.1. The van der Waals surface area contributed by atoms with Crippen LogP contribution in [-0.2, 0) is 0 Å². The molecule has 0 spiro atoms. The zero-order valence-electron chi connectivity index (χ0n) is 19.1. The molecule has 150 valence electrons. The van der Waals surface area contributed by atoms with Gasteiger partial charge in [-0.25, -0.2) is 0 Å². The van der Waals surface area contributed by atoms with Gasteiger partial charge in [0.2, 0.25) is 0 Å². The third-order valence-electron chi connectivity index (χ3n) is 10.7. The van der Waals surface area contributed by atoms with E-state index in [0.29, 0.717) is 21.7 Å². The van der Waals surface area contributed by atoms with E-state index >= 15 is 0 Å². The van der Waals surface area contributed by atoms with Crippen molar-refractivity contribution in [2.45, 2.75) is 107 Å². The Balaban J connectivity index is 1.62. The second kappa shape index (κ2) is 5.76. The van der Waals surface area contributed by atoms with Crippen molar-refractivity contribution in [2.24, 2.45) is 57.2 Å². The molecule has 0 aliphatic heterocycles. The van der Waals surface area contributed by atoms with Gasteiger partial charge in [-0.1, -0.05) is 55.4 Å². The molecule has 0 radical (unpaired) electrons. The van der Waals surface area contributed by atoms with E-state index in [2.05, 4.69) is 55.4 Å². The van der Waals surface area contributed by atoms with Crippen molar-refractivity contribution >= 4 is 0 Å². The van der Waals surface area contributed by atoms with Crippen molar-refractivity contribution in [1.29, 1.82) is 0 Å². The Morgan fingerprint density at radius 1 is 0.385 bits per heavy atom. The summed E-state index contributed by atoms with van der Waals surface area (Å²) >= 11 is 0. The maximum Gasteiger partial charge on any atom is -0.0323 e. The number of hydrogen-bond acceptors (Lipinski definition) is 0. The van der Waals surface area contributed by atoms with Crippen molar-refractivity contribution in [3.63, 3.8) is 0 Å². The number of hydrogen-bond donors (Lipinski definition) is 0. The molecule has 0 amide bonds. The molecule has 0 bridgehead atoms. The minimum Gasteiger partial charge on any atom is -0.0596 e. The summed E-state index contributed by atoms with van der Waals surface area (Å²) in [6.45, 7) is 20.8. The van der Waals surface area contributed by atoms with Crippen molar-refractivity contribution in [2.75, 3.05) is 0 Å². The van der Waals surface area contributed by atoms with Gasteiger partial charge in [0, 0.05) is 0 Å². The lowest BCUT2D eigenvalue weighted by molar-refractivity contribution is -0.133. The van der Waals surface area contributed by atoms with E-state index in [1.807, 2.05) is 0 Å². The van der Waals surface area contributed by atoms with Crippen LogP contribution in [0.2, 0.25) is 0 Å². The van der Waals surface area contributed by atoms with Crippen molar-refractivity contribution in [3.05, 3.63) is 0 Å². The van der Waals surface area contributed by atoms with Crippen molar-refractivity contribution in [1.82, 2.24) is 0 Å². The highest BCUT2D eigenvalue weighted by Gasteiger charge is 2.57. The van der Waals surface area contributed by atoms with Gasteiger partial charge in [0.15, 0.2) is 0 Å². The smallest absolute Gasteiger partial charge is 0.0323 e. The first-order valence-corrected chi connectivity index (χ1v) is 11.8. The third kappa shape index (κ3) is 2.91. The van der Waals surface area contributed by atoms with Crippen LogP contribution in [0.15, 0.2) is 0 Å². The average molecular weight is 359 g/mol. The van der Waals surface area contributed by atoms with E-state index in [0.717, 1.165) is 35.5 Å². The van der Waals surface area contributed by atoms with Gasteiger partial charge in [0.25, 0.3) is 0 Å². The van der Waals surface area contributed by atoms with Gasteiger partial charge in [-0.3, -0.25) is 0 Å². The van der Waals surface area contributed by atoms with Crippen molar-refractivity contribution < 1.29 is 0 Å². The van der Waals surface area contributed by atoms with Crippen LogP contribution in [0.5, 0.6) is 0 Å². The van der Waals surface area contributed by atoms with Gasteiger partial charge in [0.05, 0.1) is 0 Å². The van der Waals surface area contributed by atoms with Gasteiger partial charge in [-0.2, -0.15) is 0 Å². The van der Waals surface area contributed by atoms with Crippen LogP contribution >= 0.6 is 0 Å². The van der Waals surface area contributed by atoms with Crippen LogP contribution in [0.3, 0.4) is 0 Å². The summed E-state index contributed by atoms with van der Waals surface area (Å²) in [5.41, 5.74) is 2.29. The van der Waals surface area contributed by atoms with Crippen molar-refractivity contribution in [3.8, 4) is 0 Å². The Morgan fingerprint density at radius 3 is 0.769 bits per heavy atom. The first-order chi connectivity index (χ1) is 11.8. The highest BCUT2D eigenvalue weighted by atomic mass is 14.6. The summed E-state index contributed by atoms with van der Waals surface area (Å²) in [5, 5.41) is 0. The van der Waals surface area contributed by atoms with E-state index in [1.165, 1.54) is 25.7 Å². The molecule has 4 aliphatic carbocycles. The fraction of sp³-hybridized carbons (Fsp3) is 1.00. The van der Waals surface area contributed by atoms with Crippen LogP contribution in [-0.4, -0.2) is 0 Å². The quantitative estimate of drug-likeness (QED) is 0.412. The highest BCUT2D eigenvalue weighted by molar-refractivity contribution is 5.07. The molecule has 0 unspecified atom stereocenters. The SMILES string of the molecule is CC1(C)CCC(C)(C)[C@@H]2CC3C[C@@H]4[C@@H](CC3C[C@H]21)C(C)(C)CCC4(C)C. The lowest BCUT2D eigenvalue weighted by Gasteiger charge is -2.63. The van der Waals surface area contributed by atoms with E-state index in [4.69, 9.17) is 0 Å². The fourth-order valence-electron chi connectivity index (χ4n) is 8.41.